The highest BCUT2D eigenvalue weighted by Crippen LogP contribution is 2.21. The average Bonchev–Trinajstić information content (AvgIpc) is 2.34. The summed E-state index contributed by atoms with van der Waals surface area (Å²) in [4.78, 5) is 14.0. The van der Waals surface area contributed by atoms with Gasteiger partial charge >= 0.3 is 0 Å². The molecule has 0 radical (unpaired) electrons. The van der Waals surface area contributed by atoms with Gasteiger partial charge < -0.3 is 15.3 Å². The Balaban J connectivity index is 2.27. The molecule has 0 aliphatic carbocycles. The van der Waals surface area contributed by atoms with Crippen molar-refractivity contribution < 1.29 is 14.3 Å². The van der Waals surface area contributed by atoms with Crippen LogP contribution in [0, 0.1) is 5.82 Å². The molecule has 5 heteroatoms. The summed E-state index contributed by atoms with van der Waals surface area (Å²) in [7, 11) is 0. The van der Waals surface area contributed by atoms with Crippen molar-refractivity contribution in [1.29, 1.82) is 0 Å². The molecule has 1 fully saturated rings. The summed E-state index contributed by atoms with van der Waals surface area (Å²) < 4.78 is 13.2. The lowest BCUT2D eigenvalue weighted by atomic mass is 10.1. The molecule has 1 saturated heterocycles. The molecule has 1 aliphatic heterocycles. The molecule has 1 aliphatic rings. The van der Waals surface area contributed by atoms with Crippen molar-refractivity contribution >= 4 is 5.91 Å². The molecular weight excluding hydrogens is 235 g/mol. The summed E-state index contributed by atoms with van der Waals surface area (Å²) in [6, 6.07) is 3.64. The number of nitrogens with one attached hydrogen (secondary N) is 1. The standard InChI is InChI=1S/C13H17FN2O2/c1-8-7-16(9(2)6-15-8)13(18)11-5-10(14)3-4-12(11)17/h3-5,8-9,15,17H,6-7H2,1-2H3. The fourth-order valence-corrected chi connectivity index (χ4v) is 2.14. The molecule has 4 nitrogen and oxygen atoms in total. The second kappa shape index (κ2) is 4.94. The van der Waals surface area contributed by atoms with E-state index in [1.165, 1.54) is 6.07 Å². The predicted molar refractivity (Wildman–Crippen MR) is 66.0 cm³/mol. The van der Waals surface area contributed by atoms with Crippen LogP contribution in [-0.4, -0.2) is 41.1 Å². The summed E-state index contributed by atoms with van der Waals surface area (Å²) in [6.07, 6.45) is 0. The Bertz CT molecular complexity index is 464. The number of benzene rings is 1. The molecule has 18 heavy (non-hydrogen) atoms. The molecule has 0 spiro atoms. The lowest BCUT2D eigenvalue weighted by Gasteiger charge is -2.37. The van der Waals surface area contributed by atoms with Gasteiger partial charge in [-0.25, -0.2) is 4.39 Å². The summed E-state index contributed by atoms with van der Waals surface area (Å²) in [5, 5.41) is 12.9. The highest BCUT2D eigenvalue weighted by molar-refractivity contribution is 5.97. The van der Waals surface area contributed by atoms with Crippen LogP contribution in [-0.2, 0) is 0 Å². The number of hydrogen-bond donors (Lipinski definition) is 2. The maximum Gasteiger partial charge on any atom is 0.258 e. The molecule has 2 unspecified atom stereocenters. The second-order valence-electron chi connectivity index (χ2n) is 4.78. The van der Waals surface area contributed by atoms with Crippen molar-refractivity contribution in [3.05, 3.63) is 29.6 Å². The molecule has 0 bridgehead atoms. The number of rotatable bonds is 1. The van der Waals surface area contributed by atoms with Crippen molar-refractivity contribution in [1.82, 2.24) is 10.2 Å². The van der Waals surface area contributed by atoms with Crippen molar-refractivity contribution in [3.8, 4) is 5.75 Å². The van der Waals surface area contributed by atoms with Gasteiger partial charge in [-0.2, -0.15) is 0 Å². The van der Waals surface area contributed by atoms with Crippen LogP contribution in [0.1, 0.15) is 24.2 Å². The van der Waals surface area contributed by atoms with E-state index in [-0.39, 0.29) is 29.3 Å². The topological polar surface area (TPSA) is 52.6 Å². The third kappa shape index (κ3) is 2.46. The molecule has 1 heterocycles. The average molecular weight is 252 g/mol. The first-order chi connectivity index (χ1) is 8.49. The fourth-order valence-electron chi connectivity index (χ4n) is 2.14. The first-order valence-corrected chi connectivity index (χ1v) is 6.02. The molecule has 1 aromatic rings. The normalized spacial score (nSPS) is 24.1. The highest BCUT2D eigenvalue weighted by atomic mass is 19.1. The summed E-state index contributed by atoms with van der Waals surface area (Å²) in [5.74, 6) is -1.03. The van der Waals surface area contributed by atoms with Gasteiger partial charge in [-0.15, -0.1) is 0 Å². The first-order valence-electron chi connectivity index (χ1n) is 6.02. The number of piperazine rings is 1. The summed E-state index contributed by atoms with van der Waals surface area (Å²) in [6.45, 7) is 5.16. The van der Waals surface area contributed by atoms with Crippen molar-refractivity contribution in [3.63, 3.8) is 0 Å². The third-order valence-corrected chi connectivity index (χ3v) is 3.21. The van der Waals surface area contributed by atoms with E-state index in [0.29, 0.717) is 13.1 Å². The van der Waals surface area contributed by atoms with Gasteiger partial charge in [0.2, 0.25) is 0 Å². The second-order valence-corrected chi connectivity index (χ2v) is 4.78. The van der Waals surface area contributed by atoms with Gasteiger partial charge in [0.15, 0.2) is 0 Å². The predicted octanol–water partition coefficient (Wildman–Crippen LogP) is 1.35. The Hall–Kier alpha value is -1.62. The van der Waals surface area contributed by atoms with E-state index in [0.717, 1.165) is 12.1 Å². The summed E-state index contributed by atoms with van der Waals surface area (Å²) >= 11 is 0. The number of phenols is 1. The Labute approximate surface area is 105 Å². The number of halogens is 1. The Morgan fingerprint density at radius 2 is 2.22 bits per heavy atom. The maximum absolute atomic E-state index is 13.2. The highest BCUT2D eigenvalue weighted by Gasteiger charge is 2.28. The van der Waals surface area contributed by atoms with Crippen molar-refractivity contribution in [2.24, 2.45) is 0 Å². The zero-order valence-corrected chi connectivity index (χ0v) is 10.5. The van der Waals surface area contributed by atoms with Gasteiger partial charge in [-0.3, -0.25) is 4.79 Å². The molecule has 0 aromatic heterocycles. The number of amides is 1. The quantitative estimate of drug-likeness (QED) is 0.793. The minimum atomic E-state index is -0.521. The van der Waals surface area contributed by atoms with Crippen LogP contribution in [0.3, 0.4) is 0 Å². The van der Waals surface area contributed by atoms with E-state index in [2.05, 4.69) is 5.32 Å². The lowest BCUT2D eigenvalue weighted by molar-refractivity contribution is 0.0613. The van der Waals surface area contributed by atoms with E-state index in [4.69, 9.17) is 0 Å². The molecule has 1 aromatic carbocycles. The summed E-state index contributed by atoms with van der Waals surface area (Å²) in [5.41, 5.74) is 0.0240. The van der Waals surface area contributed by atoms with Gasteiger partial charge in [-0.05, 0) is 32.0 Å². The smallest absolute Gasteiger partial charge is 0.258 e. The lowest BCUT2D eigenvalue weighted by Crippen LogP contribution is -2.56. The van der Waals surface area contributed by atoms with Gasteiger partial charge in [0.1, 0.15) is 11.6 Å². The molecule has 98 valence electrons. The first kappa shape index (κ1) is 12.8. The van der Waals surface area contributed by atoms with Crippen LogP contribution in [0.25, 0.3) is 0 Å². The molecule has 2 rings (SSSR count). The minimum Gasteiger partial charge on any atom is -0.507 e. The van der Waals surface area contributed by atoms with Crippen LogP contribution >= 0.6 is 0 Å². The van der Waals surface area contributed by atoms with Crippen molar-refractivity contribution in [2.45, 2.75) is 25.9 Å². The van der Waals surface area contributed by atoms with Crippen LogP contribution in [0.5, 0.6) is 5.75 Å². The molecule has 2 atom stereocenters. The number of hydrogen-bond acceptors (Lipinski definition) is 3. The van der Waals surface area contributed by atoms with Gasteiger partial charge in [-0.1, -0.05) is 0 Å². The molecular formula is C13H17FN2O2. The Kier molecular flexibility index (Phi) is 3.52. The van der Waals surface area contributed by atoms with Crippen LogP contribution in [0.15, 0.2) is 18.2 Å². The molecule has 1 amide bonds. The molecule has 0 saturated carbocycles. The van der Waals surface area contributed by atoms with Crippen molar-refractivity contribution in [2.75, 3.05) is 13.1 Å². The van der Waals surface area contributed by atoms with Gasteiger partial charge in [0.25, 0.3) is 5.91 Å². The van der Waals surface area contributed by atoms with E-state index in [1.807, 2.05) is 13.8 Å². The number of aromatic hydroxyl groups is 1. The zero-order valence-electron chi connectivity index (χ0n) is 10.5. The minimum absolute atomic E-state index is 0.0240. The number of carbonyl (C=O) groups is 1. The van der Waals surface area contributed by atoms with Crippen LogP contribution in [0.4, 0.5) is 4.39 Å². The van der Waals surface area contributed by atoms with Gasteiger partial charge in [0.05, 0.1) is 5.56 Å². The number of nitrogens with zero attached hydrogens (tertiary/aromatic N) is 1. The van der Waals surface area contributed by atoms with E-state index in [9.17, 15) is 14.3 Å². The SMILES string of the molecule is CC1CN(C(=O)c2cc(F)ccc2O)C(C)CN1. The van der Waals surface area contributed by atoms with Gasteiger partial charge in [0, 0.05) is 25.2 Å². The van der Waals surface area contributed by atoms with Crippen LogP contribution < -0.4 is 5.32 Å². The number of carbonyl (C=O) groups excluding carboxylic acids is 1. The van der Waals surface area contributed by atoms with E-state index < -0.39 is 5.82 Å². The monoisotopic (exact) mass is 252 g/mol. The maximum atomic E-state index is 13.2. The zero-order chi connectivity index (χ0) is 13.3. The van der Waals surface area contributed by atoms with Crippen LogP contribution in [0.2, 0.25) is 0 Å². The third-order valence-electron chi connectivity index (χ3n) is 3.21. The molecule has 2 N–H and O–H groups in total. The fraction of sp³-hybridized carbons (Fsp3) is 0.462. The number of phenolic OH excluding ortho intramolecular Hbond substituents is 1. The van der Waals surface area contributed by atoms with E-state index in [1.54, 1.807) is 4.90 Å². The Morgan fingerprint density at radius 3 is 2.94 bits per heavy atom. The Morgan fingerprint density at radius 1 is 1.50 bits per heavy atom. The van der Waals surface area contributed by atoms with E-state index >= 15 is 0 Å². The largest absolute Gasteiger partial charge is 0.507 e.